The largest absolute Gasteiger partial charge is 0.417 e. The molecule has 2 aliphatic rings. The predicted octanol–water partition coefficient (Wildman–Crippen LogP) is 4.15. The highest BCUT2D eigenvalue weighted by molar-refractivity contribution is 5.79. The van der Waals surface area contributed by atoms with E-state index in [0.29, 0.717) is 18.3 Å². The summed E-state index contributed by atoms with van der Waals surface area (Å²) >= 11 is 0. The molecular weight excluding hydrogens is 438 g/mol. The second-order valence-corrected chi connectivity index (χ2v) is 9.81. The summed E-state index contributed by atoms with van der Waals surface area (Å²) in [5.41, 5.74) is -1.26. The highest BCUT2D eigenvalue weighted by Gasteiger charge is 2.51. The van der Waals surface area contributed by atoms with Crippen molar-refractivity contribution in [1.29, 1.82) is 5.26 Å². The van der Waals surface area contributed by atoms with E-state index in [1.54, 1.807) is 0 Å². The summed E-state index contributed by atoms with van der Waals surface area (Å²) in [5, 5.41) is 15.6. The number of pyridine rings is 1. The van der Waals surface area contributed by atoms with Gasteiger partial charge in [-0.25, -0.2) is 9.37 Å². The van der Waals surface area contributed by atoms with Crippen LogP contribution in [-0.4, -0.2) is 53.2 Å². The zero-order valence-electron chi connectivity index (χ0n) is 19.2. The fraction of sp³-hybridized carbons (Fsp3) is 0.696. The van der Waals surface area contributed by atoms with Gasteiger partial charge in [-0.05, 0) is 49.7 Å². The van der Waals surface area contributed by atoms with Gasteiger partial charge in [0.1, 0.15) is 18.0 Å². The van der Waals surface area contributed by atoms with Crippen LogP contribution in [-0.2, 0) is 11.0 Å². The van der Waals surface area contributed by atoms with Crippen LogP contribution in [0.25, 0.3) is 0 Å². The summed E-state index contributed by atoms with van der Waals surface area (Å²) in [6.45, 7) is 6.94. The molecule has 2 fully saturated rings. The third-order valence-electron chi connectivity index (χ3n) is 7.67. The minimum absolute atomic E-state index is 0.0366. The number of likely N-dealkylation sites (tertiary alicyclic amines) is 1. The molecule has 4 unspecified atom stereocenters. The Hall–Kier alpha value is -2.41. The van der Waals surface area contributed by atoms with Gasteiger partial charge < -0.3 is 15.5 Å². The lowest BCUT2D eigenvalue weighted by atomic mass is 9.70. The van der Waals surface area contributed by atoms with Crippen molar-refractivity contribution in [2.45, 2.75) is 70.4 Å². The Morgan fingerprint density at radius 3 is 2.67 bits per heavy atom. The molecule has 2 N–H and O–H groups in total. The molecule has 0 aromatic carbocycles. The molecule has 3 rings (SSSR count). The van der Waals surface area contributed by atoms with E-state index >= 15 is 0 Å². The third-order valence-corrected chi connectivity index (χ3v) is 7.67. The predicted molar refractivity (Wildman–Crippen MR) is 116 cm³/mol. The van der Waals surface area contributed by atoms with E-state index in [2.05, 4.69) is 36.4 Å². The fourth-order valence-electron chi connectivity index (χ4n) is 5.01. The highest BCUT2D eigenvalue weighted by atomic mass is 19.4. The molecule has 1 aromatic heterocycles. The Morgan fingerprint density at radius 2 is 2.06 bits per heavy atom. The lowest BCUT2D eigenvalue weighted by Gasteiger charge is -2.43. The van der Waals surface area contributed by atoms with E-state index in [1.807, 2.05) is 6.07 Å². The first kappa shape index (κ1) is 25.2. The Kier molecular flexibility index (Phi) is 7.22. The molecule has 1 saturated heterocycles. The van der Waals surface area contributed by atoms with Crippen molar-refractivity contribution in [2.24, 2.45) is 11.3 Å². The zero-order valence-corrected chi connectivity index (χ0v) is 19.2. The highest BCUT2D eigenvalue weighted by Crippen LogP contribution is 2.51. The molecule has 1 aliphatic carbocycles. The van der Waals surface area contributed by atoms with Crippen LogP contribution in [0.5, 0.6) is 0 Å². The van der Waals surface area contributed by atoms with Crippen molar-refractivity contribution in [3.8, 4) is 6.07 Å². The normalized spacial score (nSPS) is 29.2. The minimum Gasteiger partial charge on any atom is -0.370 e. The number of nitriles is 1. The number of hydrogen-bond acceptors (Lipinski definition) is 5. The lowest BCUT2D eigenvalue weighted by Crippen LogP contribution is -2.55. The van der Waals surface area contributed by atoms with Crippen LogP contribution in [0.15, 0.2) is 18.3 Å². The van der Waals surface area contributed by atoms with Gasteiger partial charge in [0.2, 0.25) is 5.91 Å². The molecule has 1 aromatic rings. The Morgan fingerprint density at radius 1 is 1.33 bits per heavy atom. The van der Waals surface area contributed by atoms with E-state index in [4.69, 9.17) is 0 Å². The van der Waals surface area contributed by atoms with E-state index in [9.17, 15) is 27.6 Å². The molecule has 1 aliphatic heterocycles. The second-order valence-electron chi connectivity index (χ2n) is 9.81. The van der Waals surface area contributed by atoms with Gasteiger partial charge in [0.15, 0.2) is 0 Å². The number of nitrogens with one attached hydrogen (secondary N) is 2. The van der Waals surface area contributed by atoms with Crippen molar-refractivity contribution in [3.63, 3.8) is 0 Å². The molecular formula is C23H31F4N5O. The molecule has 6 nitrogen and oxygen atoms in total. The number of hydrogen-bond donors (Lipinski definition) is 2. The van der Waals surface area contributed by atoms with Gasteiger partial charge in [0, 0.05) is 24.7 Å². The van der Waals surface area contributed by atoms with E-state index in [-0.39, 0.29) is 36.4 Å². The van der Waals surface area contributed by atoms with Gasteiger partial charge in [-0.3, -0.25) is 4.79 Å². The molecule has 182 valence electrons. The average molecular weight is 470 g/mol. The molecule has 1 amide bonds. The number of nitrogens with zero attached hydrogens (tertiary/aromatic N) is 3. The number of amides is 1. The topological polar surface area (TPSA) is 81.0 Å². The molecule has 1 saturated carbocycles. The number of aromatic nitrogens is 1. The maximum absolute atomic E-state index is 13.6. The van der Waals surface area contributed by atoms with Gasteiger partial charge in [-0.15, -0.1) is 0 Å². The van der Waals surface area contributed by atoms with Crippen molar-refractivity contribution < 1.29 is 22.4 Å². The van der Waals surface area contributed by atoms with Crippen LogP contribution < -0.4 is 10.6 Å². The van der Waals surface area contributed by atoms with Crippen LogP contribution in [0.3, 0.4) is 0 Å². The van der Waals surface area contributed by atoms with Crippen LogP contribution in [0.1, 0.15) is 52.0 Å². The van der Waals surface area contributed by atoms with Crippen molar-refractivity contribution in [3.05, 3.63) is 23.9 Å². The van der Waals surface area contributed by atoms with E-state index in [1.165, 1.54) is 11.0 Å². The third kappa shape index (κ3) is 5.40. The maximum Gasteiger partial charge on any atom is 0.417 e. The van der Waals surface area contributed by atoms with Crippen molar-refractivity contribution in [2.75, 3.05) is 25.0 Å². The quantitative estimate of drug-likeness (QED) is 0.587. The van der Waals surface area contributed by atoms with E-state index in [0.717, 1.165) is 31.5 Å². The molecule has 4 atom stereocenters. The lowest BCUT2D eigenvalue weighted by molar-refractivity contribution is -0.137. The Balaban J connectivity index is 1.51. The minimum atomic E-state index is -4.41. The van der Waals surface area contributed by atoms with E-state index < -0.39 is 24.0 Å². The molecule has 0 bridgehead atoms. The first-order valence-corrected chi connectivity index (χ1v) is 11.2. The summed E-state index contributed by atoms with van der Waals surface area (Å²) < 4.78 is 51.7. The number of alkyl halides is 4. The fourth-order valence-corrected chi connectivity index (χ4v) is 5.01. The summed E-state index contributed by atoms with van der Waals surface area (Å²) in [7, 11) is 0. The number of carbonyl (C=O) groups excluding carboxylic acids is 1. The van der Waals surface area contributed by atoms with Crippen molar-refractivity contribution in [1.82, 2.24) is 15.2 Å². The monoisotopic (exact) mass is 469 g/mol. The summed E-state index contributed by atoms with van der Waals surface area (Å²) in [6, 6.07) is 3.63. The van der Waals surface area contributed by atoms with Crippen LogP contribution in [0.4, 0.5) is 23.4 Å². The number of rotatable bonds is 7. The van der Waals surface area contributed by atoms with Gasteiger partial charge in [-0.1, -0.05) is 13.8 Å². The first-order valence-electron chi connectivity index (χ1n) is 11.2. The standard InChI is InChI=1S/C23H31F4N5O/c1-21(2)15(7-9-29-19-5-4-16(12-30-19)23(25,26)27)6-8-22(21,3)31-13-20(33)32-14-17(24)10-18(32)11-28/h4-5,12,15,17-18,31H,6-10,13-14H2,1-3H3,(H,29,30). The maximum atomic E-state index is 13.6. The van der Waals surface area contributed by atoms with Gasteiger partial charge in [0.25, 0.3) is 0 Å². The summed E-state index contributed by atoms with van der Waals surface area (Å²) in [4.78, 5) is 17.8. The van der Waals surface area contributed by atoms with Crippen LogP contribution >= 0.6 is 0 Å². The van der Waals surface area contributed by atoms with Gasteiger partial charge in [0.05, 0.1) is 24.7 Å². The first-order chi connectivity index (χ1) is 15.4. The molecule has 2 heterocycles. The second kappa shape index (κ2) is 9.45. The smallest absolute Gasteiger partial charge is 0.370 e. The van der Waals surface area contributed by atoms with Crippen molar-refractivity contribution >= 4 is 11.7 Å². The molecule has 33 heavy (non-hydrogen) atoms. The van der Waals surface area contributed by atoms with Gasteiger partial charge in [-0.2, -0.15) is 18.4 Å². The number of halogens is 4. The molecule has 0 radical (unpaired) electrons. The van der Waals surface area contributed by atoms with Crippen LogP contribution in [0, 0.1) is 22.7 Å². The number of anilines is 1. The molecule has 10 heteroatoms. The zero-order chi connectivity index (χ0) is 24.4. The Labute approximate surface area is 191 Å². The number of carbonyl (C=O) groups is 1. The van der Waals surface area contributed by atoms with Crippen LogP contribution in [0.2, 0.25) is 0 Å². The summed E-state index contributed by atoms with van der Waals surface area (Å²) in [5.74, 6) is 0.451. The Bertz CT molecular complexity index is 882. The summed E-state index contributed by atoms with van der Waals surface area (Å²) in [6.07, 6.45) is -2.10. The SMILES string of the molecule is CC1(NCC(=O)N2CC(F)CC2C#N)CCC(CCNc2ccc(C(F)(F)F)cn2)C1(C)C. The average Bonchev–Trinajstić information content (AvgIpc) is 3.24. The molecule has 0 spiro atoms. The van der Waals surface area contributed by atoms with Gasteiger partial charge >= 0.3 is 6.18 Å².